The molecule has 0 radical (unpaired) electrons. The minimum Gasteiger partial charge on any atom is -0.369 e. The molecule has 2 heterocycles. The van der Waals surface area contributed by atoms with Crippen molar-refractivity contribution < 1.29 is 14.1 Å². The van der Waals surface area contributed by atoms with Crippen LogP contribution in [-0.4, -0.2) is 59.5 Å². The first-order valence-corrected chi connectivity index (χ1v) is 7.67. The van der Waals surface area contributed by atoms with Crippen molar-refractivity contribution in [2.45, 2.75) is 33.1 Å². The molecule has 0 aromatic carbocycles. The van der Waals surface area contributed by atoms with E-state index in [0.717, 1.165) is 36.5 Å². The molecule has 1 aromatic heterocycles. The van der Waals surface area contributed by atoms with Gasteiger partial charge in [-0.15, -0.1) is 0 Å². The summed E-state index contributed by atoms with van der Waals surface area (Å²) in [5.74, 6) is 0.605. The summed E-state index contributed by atoms with van der Waals surface area (Å²) in [4.78, 5) is 27.2. The minimum atomic E-state index is -0.321. The van der Waals surface area contributed by atoms with Crippen molar-refractivity contribution >= 4 is 11.8 Å². The number of carbonyl (C=O) groups excluding carboxylic acids is 2. The fourth-order valence-electron chi connectivity index (χ4n) is 2.85. The van der Waals surface area contributed by atoms with Crippen LogP contribution >= 0.6 is 0 Å². The van der Waals surface area contributed by atoms with Gasteiger partial charge >= 0.3 is 0 Å². The van der Waals surface area contributed by atoms with Gasteiger partial charge in [-0.25, -0.2) is 0 Å². The predicted octanol–water partition coefficient (Wildman–Crippen LogP) is 0.244. The smallest absolute Gasteiger partial charge is 0.231 e. The topological polar surface area (TPSA) is 92.7 Å². The molecule has 0 unspecified atom stereocenters. The number of hydrogen-bond donors (Lipinski definition) is 1. The van der Waals surface area contributed by atoms with E-state index < -0.39 is 0 Å². The predicted molar refractivity (Wildman–Crippen MR) is 81.1 cm³/mol. The molecule has 0 bridgehead atoms. The molecule has 1 aliphatic rings. The largest absolute Gasteiger partial charge is 0.369 e. The number of rotatable bonds is 5. The highest BCUT2D eigenvalue weighted by atomic mass is 16.5. The van der Waals surface area contributed by atoms with Crippen LogP contribution in [0.25, 0.3) is 0 Å². The molecule has 2 rings (SSSR count). The van der Waals surface area contributed by atoms with E-state index >= 15 is 0 Å². The molecular formula is C15H24N4O3. The Bertz CT molecular complexity index is 521. The van der Waals surface area contributed by atoms with E-state index in [-0.39, 0.29) is 18.4 Å². The number of hydrogen-bond acceptors (Lipinski definition) is 5. The molecule has 7 heteroatoms. The third-order valence-electron chi connectivity index (χ3n) is 4.09. The Labute approximate surface area is 130 Å². The lowest BCUT2D eigenvalue weighted by Gasteiger charge is -2.21. The maximum atomic E-state index is 12.4. The number of nitrogens with zero attached hydrogens (tertiary/aromatic N) is 3. The van der Waals surface area contributed by atoms with Gasteiger partial charge in [0.15, 0.2) is 0 Å². The van der Waals surface area contributed by atoms with Gasteiger partial charge in [0.1, 0.15) is 5.76 Å². The second-order valence-corrected chi connectivity index (χ2v) is 5.78. The summed E-state index contributed by atoms with van der Waals surface area (Å²) in [6.45, 7) is 6.90. The van der Waals surface area contributed by atoms with E-state index in [1.807, 2.05) is 23.6 Å². The monoisotopic (exact) mass is 308 g/mol. The summed E-state index contributed by atoms with van der Waals surface area (Å²) in [5.41, 5.74) is 7.10. The summed E-state index contributed by atoms with van der Waals surface area (Å²) in [5, 5.41) is 3.91. The summed E-state index contributed by atoms with van der Waals surface area (Å²) in [6.07, 6.45) is 1.98. The first-order chi connectivity index (χ1) is 10.5. The van der Waals surface area contributed by atoms with Crippen molar-refractivity contribution in [3.63, 3.8) is 0 Å². The molecule has 0 atom stereocenters. The second-order valence-electron chi connectivity index (χ2n) is 5.78. The van der Waals surface area contributed by atoms with Crippen LogP contribution in [0.15, 0.2) is 4.52 Å². The molecule has 0 spiro atoms. The number of amides is 2. The molecule has 1 fully saturated rings. The van der Waals surface area contributed by atoms with Crippen LogP contribution in [0.4, 0.5) is 0 Å². The average Bonchev–Trinajstić information content (AvgIpc) is 2.66. The van der Waals surface area contributed by atoms with E-state index in [2.05, 4.69) is 5.16 Å². The first-order valence-electron chi connectivity index (χ1n) is 7.67. The molecule has 1 saturated heterocycles. The van der Waals surface area contributed by atoms with Crippen LogP contribution in [-0.2, 0) is 16.0 Å². The Balaban J connectivity index is 1.84. The Kier molecular flexibility index (Phi) is 5.54. The number of carbonyl (C=O) groups is 2. The Morgan fingerprint density at radius 1 is 1.23 bits per heavy atom. The SMILES string of the molecule is Cc1noc(C)c1CCC(=O)N1CCCN(CC(N)=O)CC1. The molecule has 2 N–H and O–H groups in total. The van der Waals surface area contributed by atoms with Crippen LogP contribution in [0.3, 0.4) is 0 Å². The number of aromatic nitrogens is 1. The van der Waals surface area contributed by atoms with Crippen molar-refractivity contribution in [2.24, 2.45) is 5.73 Å². The third-order valence-corrected chi connectivity index (χ3v) is 4.09. The fourth-order valence-corrected chi connectivity index (χ4v) is 2.85. The molecule has 122 valence electrons. The normalized spacial score (nSPS) is 16.5. The van der Waals surface area contributed by atoms with Gasteiger partial charge in [0.05, 0.1) is 12.2 Å². The summed E-state index contributed by atoms with van der Waals surface area (Å²) < 4.78 is 5.12. The van der Waals surface area contributed by atoms with Gasteiger partial charge in [0, 0.05) is 38.2 Å². The maximum Gasteiger partial charge on any atom is 0.231 e. The molecule has 2 amide bonds. The van der Waals surface area contributed by atoms with Gasteiger partial charge in [0.25, 0.3) is 0 Å². The van der Waals surface area contributed by atoms with Crippen LogP contribution in [0, 0.1) is 13.8 Å². The van der Waals surface area contributed by atoms with Crippen LogP contribution in [0.2, 0.25) is 0 Å². The number of primary amides is 1. The van der Waals surface area contributed by atoms with Gasteiger partial charge in [-0.3, -0.25) is 14.5 Å². The van der Waals surface area contributed by atoms with Crippen LogP contribution in [0.1, 0.15) is 29.9 Å². The van der Waals surface area contributed by atoms with Crippen molar-refractivity contribution in [3.8, 4) is 0 Å². The highest BCUT2D eigenvalue weighted by Gasteiger charge is 2.20. The van der Waals surface area contributed by atoms with Gasteiger partial charge in [-0.1, -0.05) is 5.16 Å². The van der Waals surface area contributed by atoms with Gasteiger partial charge in [0.2, 0.25) is 11.8 Å². The average molecular weight is 308 g/mol. The van der Waals surface area contributed by atoms with Crippen molar-refractivity contribution in [2.75, 3.05) is 32.7 Å². The van der Waals surface area contributed by atoms with Crippen LogP contribution in [0.5, 0.6) is 0 Å². The second kappa shape index (κ2) is 7.40. The standard InChI is InChI=1S/C15H24N4O3/c1-11-13(12(2)22-17-11)4-5-15(21)19-7-3-6-18(8-9-19)10-14(16)20/h3-10H2,1-2H3,(H2,16,20). The lowest BCUT2D eigenvalue weighted by atomic mass is 10.1. The summed E-state index contributed by atoms with van der Waals surface area (Å²) in [6, 6.07) is 0. The molecule has 0 aliphatic carbocycles. The maximum absolute atomic E-state index is 12.4. The Hall–Kier alpha value is -1.89. The molecule has 1 aliphatic heterocycles. The fraction of sp³-hybridized carbons (Fsp3) is 0.667. The van der Waals surface area contributed by atoms with E-state index in [0.29, 0.717) is 25.9 Å². The first kappa shape index (κ1) is 16.5. The lowest BCUT2D eigenvalue weighted by Crippen LogP contribution is -2.38. The zero-order chi connectivity index (χ0) is 16.1. The Morgan fingerprint density at radius 2 is 2.00 bits per heavy atom. The number of nitrogens with two attached hydrogens (primary N) is 1. The van der Waals surface area contributed by atoms with Gasteiger partial charge in [-0.05, 0) is 26.7 Å². The summed E-state index contributed by atoms with van der Waals surface area (Å²) in [7, 11) is 0. The molecular weight excluding hydrogens is 284 g/mol. The van der Waals surface area contributed by atoms with Crippen molar-refractivity contribution in [1.29, 1.82) is 0 Å². The highest BCUT2D eigenvalue weighted by molar-refractivity contribution is 5.77. The Morgan fingerprint density at radius 3 is 2.64 bits per heavy atom. The highest BCUT2D eigenvalue weighted by Crippen LogP contribution is 2.15. The van der Waals surface area contributed by atoms with E-state index in [4.69, 9.17) is 10.3 Å². The molecule has 1 aromatic rings. The quantitative estimate of drug-likeness (QED) is 0.841. The zero-order valence-corrected chi connectivity index (χ0v) is 13.3. The summed E-state index contributed by atoms with van der Waals surface area (Å²) >= 11 is 0. The number of aryl methyl sites for hydroxylation is 2. The minimum absolute atomic E-state index is 0.140. The van der Waals surface area contributed by atoms with Crippen molar-refractivity contribution in [1.82, 2.24) is 15.0 Å². The van der Waals surface area contributed by atoms with E-state index in [9.17, 15) is 9.59 Å². The van der Waals surface area contributed by atoms with Crippen molar-refractivity contribution in [3.05, 3.63) is 17.0 Å². The molecule has 7 nitrogen and oxygen atoms in total. The third kappa shape index (κ3) is 4.30. The zero-order valence-electron chi connectivity index (χ0n) is 13.3. The van der Waals surface area contributed by atoms with Gasteiger partial charge in [-0.2, -0.15) is 0 Å². The van der Waals surface area contributed by atoms with E-state index in [1.165, 1.54) is 0 Å². The molecule has 22 heavy (non-hydrogen) atoms. The van der Waals surface area contributed by atoms with E-state index in [1.54, 1.807) is 0 Å². The van der Waals surface area contributed by atoms with Crippen LogP contribution < -0.4 is 5.73 Å². The molecule has 0 saturated carbocycles. The van der Waals surface area contributed by atoms with Gasteiger partial charge < -0.3 is 15.2 Å². The lowest BCUT2D eigenvalue weighted by molar-refractivity contribution is -0.131.